The second kappa shape index (κ2) is 5.85. The Bertz CT molecular complexity index is 828. The molecule has 0 aliphatic rings. The molecule has 3 rings (SSSR count). The topological polar surface area (TPSA) is 48.4 Å². The lowest BCUT2D eigenvalue weighted by Gasteiger charge is -2.09. The van der Waals surface area contributed by atoms with E-state index in [4.69, 9.17) is 9.47 Å². The van der Waals surface area contributed by atoms with Crippen LogP contribution in [0.2, 0.25) is 0 Å². The van der Waals surface area contributed by atoms with E-state index in [1.807, 2.05) is 48.5 Å². The zero-order valence-electron chi connectivity index (χ0n) is 12.4. The summed E-state index contributed by atoms with van der Waals surface area (Å²) < 4.78 is 11.0. The molecule has 4 nitrogen and oxygen atoms in total. The Labute approximate surface area is 128 Å². The van der Waals surface area contributed by atoms with Crippen LogP contribution in [0.3, 0.4) is 0 Å². The summed E-state index contributed by atoms with van der Waals surface area (Å²) in [5.41, 5.74) is 1.20. The summed E-state index contributed by atoms with van der Waals surface area (Å²) in [6.45, 7) is 1.50. The molecule has 4 heteroatoms. The number of nitrogens with zero attached hydrogens (tertiary/aromatic N) is 1. The van der Waals surface area contributed by atoms with Crippen molar-refractivity contribution in [2.45, 2.75) is 6.92 Å². The Morgan fingerprint density at radius 2 is 1.77 bits per heavy atom. The van der Waals surface area contributed by atoms with Crippen molar-refractivity contribution in [2.24, 2.45) is 0 Å². The van der Waals surface area contributed by atoms with Crippen LogP contribution in [-0.2, 0) is 0 Å². The lowest BCUT2D eigenvalue weighted by molar-refractivity contribution is 0.101. The number of hydrogen-bond acceptors (Lipinski definition) is 4. The third-order valence-electron chi connectivity index (χ3n) is 3.31. The van der Waals surface area contributed by atoms with E-state index in [0.717, 1.165) is 16.7 Å². The smallest absolute Gasteiger partial charge is 0.224 e. The molecule has 0 N–H and O–H groups in total. The molecule has 0 amide bonds. The quantitative estimate of drug-likeness (QED) is 0.675. The molecule has 0 atom stereocenters. The van der Waals surface area contributed by atoms with Crippen LogP contribution in [0.25, 0.3) is 10.9 Å². The van der Waals surface area contributed by atoms with Gasteiger partial charge in [0.05, 0.1) is 18.2 Å². The van der Waals surface area contributed by atoms with Gasteiger partial charge in [-0.3, -0.25) is 4.79 Å². The summed E-state index contributed by atoms with van der Waals surface area (Å²) in [5, 5.41) is 0.867. The predicted molar refractivity (Wildman–Crippen MR) is 84.8 cm³/mol. The van der Waals surface area contributed by atoms with Crippen molar-refractivity contribution in [2.75, 3.05) is 7.11 Å². The molecule has 0 saturated carbocycles. The molecule has 1 aromatic heterocycles. The minimum Gasteiger partial charge on any atom is -0.480 e. The number of methoxy groups -OCH3 is 1. The number of carbonyl (C=O) groups excluding carboxylic acids is 1. The zero-order valence-corrected chi connectivity index (χ0v) is 12.4. The van der Waals surface area contributed by atoms with Crippen molar-refractivity contribution in [1.29, 1.82) is 0 Å². The molecule has 110 valence electrons. The fraction of sp³-hybridized carbons (Fsp3) is 0.111. The largest absolute Gasteiger partial charge is 0.480 e. The van der Waals surface area contributed by atoms with Gasteiger partial charge in [0.15, 0.2) is 5.78 Å². The van der Waals surface area contributed by atoms with Crippen LogP contribution in [0, 0.1) is 0 Å². The number of ether oxygens (including phenoxy) is 2. The molecular formula is C18H15NO3. The summed E-state index contributed by atoms with van der Waals surface area (Å²) in [4.78, 5) is 16.0. The standard InChI is InChI=1S/C18H15NO3/c1-12(20)16-10-13-8-9-15(11-17(13)19-18(16)21-2)22-14-6-4-3-5-7-14/h3-11H,1-2H3. The first-order chi connectivity index (χ1) is 10.7. The summed E-state index contributed by atoms with van der Waals surface area (Å²) in [7, 11) is 1.50. The monoisotopic (exact) mass is 293 g/mol. The molecule has 3 aromatic rings. The number of pyridine rings is 1. The van der Waals surface area contributed by atoms with Gasteiger partial charge in [0, 0.05) is 11.5 Å². The molecule has 0 unspecified atom stereocenters. The summed E-state index contributed by atoms with van der Waals surface area (Å²) in [6.07, 6.45) is 0. The van der Waals surface area contributed by atoms with E-state index < -0.39 is 0 Å². The number of fused-ring (bicyclic) bond motifs is 1. The van der Waals surface area contributed by atoms with E-state index in [1.54, 1.807) is 6.07 Å². The summed E-state index contributed by atoms with van der Waals surface area (Å²) in [6, 6.07) is 16.9. The third kappa shape index (κ3) is 2.76. The lowest BCUT2D eigenvalue weighted by atomic mass is 10.1. The maximum Gasteiger partial charge on any atom is 0.224 e. The highest BCUT2D eigenvalue weighted by Crippen LogP contribution is 2.28. The molecule has 0 saturated heterocycles. The van der Waals surface area contributed by atoms with E-state index in [0.29, 0.717) is 17.2 Å². The maximum absolute atomic E-state index is 11.6. The molecule has 0 spiro atoms. The summed E-state index contributed by atoms with van der Waals surface area (Å²) >= 11 is 0. The Kier molecular flexibility index (Phi) is 3.74. The minimum absolute atomic E-state index is 0.0733. The molecule has 0 aliphatic heterocycles. The molecule has 0 bridgehead atoms. The average Bonchev–Trinajstić information content (AvgIpc) is 2.54. The van der Waals surface area contributed by atoms with Crippen molar-refractivity contribution in [3.05, 3.63) is 60.2 Å². The third-order valence-corrected chi connectivity index (χ3v) is 3.31. The predicted octanol–water partition coefficient (Wildman–Crippen LogP) is 4.24. The van der Waals surface area contributed by atoms with E-state index in [2.05, 4.69) is 4.98 Å². The van der Waals surface area contributed by atoms with E-state index in [9.17, 15) is 4.79 Å². The first-order valence-corrected chi connectivity index (χ1v) is 6.90. The van der Waals surface area contributed by atoms with Crippen LogP contribution in [0.15, 0.2) is 54.6 Å². The Morgan fingerprint density at radius 3 is 2.45 bits per heavy atom. The van der Waals surface area contributed by atoms with Crippen LogP contribution in [-0.4, -0.2) is 17.9 Å². The number of Topliss-reactive ketones (excluding diaryl/α,β-unsaturated/α-hetero) is 1. The van der Waals surface area contributed by atoms with Gasteiger partial charge < -0.3 is 9.47 Å². The zero-order chi connectivity index (χ0) is 15.5. The van der Waals surface area contributed by atoms with Gasteiger partial charge in [0.1, 0.15) is 11.5 Å². The number of ketones is 1. The second-order valence-corrected chi connectivity index (χ2v) is 4.87. The van der Waals surface area contributed by atoms with Gasteiger partial charge in [-0.1, -0.05) is 18.2 Å². The molecule has 0 fully saturated rings. The highest BCUT2D eigenvalue weighted by atomic mass is 16.5. The number of benzene rings is 2. The van der Waals surface area contributed by atoms with Crippen LogP contribution >= 0.6 is 0 Å². The SMILES string of the molecule is COc1nc2cc(Oc3ccccc3)ccc2cc1C(C)=O. The number of aromatic nitrogens is 1. The van der Waals surface area contributed by atoms with Crippen LogP contribution in [0.1, 0.15) is 17.3 Å². The molecule has 22 heavy (non-hydrogen) atoms. The molecule has 2 aromatic carbocycles. The number of rotatable bonds is 4. The van der Waals surface area contributed by atoms with Gasteiger partial charge in [-0.2, -0.15) is 0 Å². The number of carbonyl (C=O) groups is 1. The van der Waals surface area contributed by atoms with Crippen molar-refractivity contribution in [3.63, 3.8) is 0 Å². The Balaban J connectivity index is 2.02. The average molecular weight is 293 g/mol. The van der Waals surface area contributed by atoms with Crippen LogP contribution in [0.5, 0.6) is 17.4 Å². The van der Waals surface area contributed by atoms with Crippen LogP contribution < -0.4 is 9.47 Å². The van der Waals surface area contributed by atoms with Gasteiger partial charge in [-0.25, -0.2) is 4.98 Å². The molecule has 1 heterocycles. The van der Waals surface area contributed by atoms with Crippen molar-refractivity contribution >= 4 is 16.7 Å². The van der Waals surface area contributed by atoms with Gasteiger partial charge in [-0.15, -0.1) is 0 Å². The van der Waals surface area contributed by atoms with Crippen molar-refractivity contribution in [1.82, 2.24) is 4.98 Å². The molecule has 0 aliphatic carbocycles. The highest BCUT2D eigenvalue weighted by Gasteiger charge is 2.12. The van der Waals surface area contributed by atoms with Gasteiger partial charge in [0.2, 0.25) is 5.88 Å². The fourth-order valence-corrected chi connectivity index (χ4v) is 2.23. The first kappa shape index (κ1) is 14.1. The van der Waals surface area contributed by atoms with E-state index >= 15 is 0 Å². The number of para-hydroxylation sites is 1. The second-order valence-electron chi connectivity index (χ2n) is 4.87. The Hall–Kier alpha value is -2.88. The van der Waals surface area contributed by atoms with E-state index in [1.165, 1.54) is 14.0 Å². The highest BCUT2D eigenvalue weighted by molar-refractivity contribution is 5.99. The molecule has 0 radical (unpaired) electrons. The number of hydrogen-bond donors (Lipinski definition) is 0. The van der Waals surface area contributed by atoms with Gasteiger partial charge in [-0.05, 0) is 37.3 Å². The molecular weight excluding hydrogens is 278 g/mol. The lowest BCUT2D eigenvalue weighted by Crippen LogP contribution is -2.00. The minimum atomic E-state index is -0.0733. The van der Waals surface area contributed by atoms with Crippen LogP contribution in [0.4, 0.5) is 0 Å². The summed E-state index contributed by atoms with van der Waals surface area (Å²) in [5.74, 6) is 1.70. The van der Waals surface area contributed by atoms with Gasteiger partial charge >= 0.3 is 0 Å². The van der Waals surface area contributed by atoms with Gasteiger partial charge in [0.25, 0.3) is 0 Å². The van der Waals surface area contributed by atoms with Crippen molar-refractivity contribution in [3.8, 4) is 17.4 Å². The van der Waals surface area contributed by atoms with E-state index in [-0.39, 0.29) is 5.78 Å². The first-order valence-electron chi connectivity index (χ1n) is 6.90. The van der Waals surface area contributed by atoms with Crippen molar-refractivity contribution < 1.29 is 14.3 Å². The maximum atomic E-state index is 11.6. The normalized spacial score (nSPS) is 10.5. The fourth-order valence-electron chi connectivity index (χ4n) is 2.23. The Morgan fingerprint density at radius 1 is 1.00 bits per heavy atom.